The molecule has 4 aromatic rings. The van der Waals surface area contributed by atoms with Crippen LogP contribution in [0.15, 0.2) is 28.9 Å². The number of pyridine rings is 1. The predicted molar refractivity (Wildman–Crippen MR) is 114 cm³/mol. The van der Waals surface area contributed by atoms with E-state index < -0.39 is 11.2 Å². The van der Waals surface area contributed by atoms with Gasteiger partial charge in [-0.1, -0.05) is 13.3 Å². The van der Waals surface area contributed by atoms with Crippen LogP contribution in [-0.4, -0.2) is 34.8 Å². The van der Waals surface area contributed by atoms with Gasteiger partial charge in [-0.15, -0.1) is 11.3 Å². The van der Waals surface area contributed by atoms with Crippen LogP contribution in [0.5, 0.6) is 0 Å². The summed E-state index contributed by atoms with van der Waals surface area (Å²) in [6.45, 7) is 2.07. The van der Waals surface area contributed by atoms with Crippen molar-refractivity contribution in [3.63, 3.8) is 0 Å². The van der Waals surface area contributed by atoms with E-state index in [4.69, 9.17) is 16.5 Å². The van der Waals surface area contributed by atoms with Crippen LogP contribution in [-0.2, 0) is 18.2 Å². The van der Waals surface area contributed by atoms with Gasteiger partial charge < -0.3 is 20.6 Å². The van der Waals surface area contributed by atoms with Gasteiger partial charge in [-0.2, -0.15) is 0 Å². The Morgan fingerprint density at radius 1 is 1.32 bits per heavy atom. The zero-order valence-corrected chi connectivity index (χ0v) is 17.2. The highest BCUT2D eigenvalue weighted by Crippen LogP contribution is 2.38. The molecule has 0 aliphatic rings. The minimum absolute atomic E-state index is 0.444. The second-order valence-corrected chi connectivity index (χ2v) is 8.85. The Bertz CT molecular complexity index is 1120. The number of aromatic nitrogens is 5. The van der Waals surface area contributed by atoms with Gasteiger partial charge in [0, 0.05) is 35.4 Å². The summed E-state index contributed by atoms with van der Waals surface area (Å²) in [7, 11) is 1.84. The molecule has 0 saturated heterocycles. The number of rotatable bonds is 6. The van der Waals surface area contributed by atoms with E-state index in [2.05, 4.69) is 21.9 Å². The van der Waals surface area contributed by atoms with Crippen LogP contribution in [0.25, 0.3) is 33.1 Å². The smallest absolute Gasteiger partial charge is 0.248 e. The molecule has 0 bridgehead atoms. The molecule has 28 heavy (non-hydrogen) atoms. The lowest BCUT2D eigenvalue weighted by atomic mass is 10.1. The number of hydrogen-bond acceptors (Lipinski definition) is 7. The molecule has 4 aromatic heterocycles. The fourth-order valence-corrected chi connectivity index (χ4v) is 4.97. The number of nitrogens with one attached hydrogen (secondary N) is 1. The third-order valence-electron chi connectivity index (χ3n) is 4.59. The van der Waals surface area contributed by atoms with E-state index in [1.165, 1.54) is 11.3 Å². The number of aromatic amines is 1. The molecule has 0 fully saturated rings. The molecule has 0 saturated carbocycles. The van der Waals surface area contributed by atoms with Crippen LogP contribution in [0.4, 0.5) is 11.5 Å². The zero-order valence-electron chi connectivity index (χ0n) is 15.6. The average molecular weight is 416 g/mol. The summed E-state index contributed by atoms with van der Waals surface area (Å²) in [4.78, 5) is 16.7. The van der Waals surface area contributed by atoms with Gasteiger partial charge in [0.15, 0.2) is 0 Å². The summed E-state index contributed by atoms with van der Waals surface area (Å²) in [6.07, 6.45) is 5.17. The molecule has 1 unspecified atom stereocenters. The van der Waals surface area contributed by atoms with E-state index >= 15 is 0 Å². The fourth-order valence-electron chi connectivity index (χ4n) is 3.06. The largest absolute Gasteiger partial charge is 0.610 e. The van der Waals surface area contributed by atoms with Gasteiger partial charge in [-0.25, -0.2) is 15.0 Å². The molecule has 0 aliphatic heterocycles. The third kappa shape index (κ3) is 3.13. The van der Waals surface area contributed by atoms with Gasteiger partial charge in [0.1, 0.15) is 39.4 Å². The second kappa shape index (κ2) is 7.46. The lowest BCUT2D eigenvalue weighted by Crippen LogP contribution is -2.09. The summed E-state index contributed by atoms with van der Waals surface area (Å²) in [6, 6.07) is 1.91. The van der Waals surface area contributed by atoms with E-state index in [-0.39, 0.29) is 0 Å². The molecule has 4 rings (SSSR count). The van der Waals surface area contributed by atoms with Gasteiger partial charge in [0.05, 0.1) is 11.6 Å². The van der Waals surface area contributed by atoms with Crippen molar-refractivity contribution < 1.29 is 4.55 Å². The highest BCUT2D eigenvalue weighted by atomic mass is 32.2. The maximum absolute atomic E-state index is 12.7. The van der Waals surface area contributed by atoms with E-state index in [9.17, 15) is 4.55 Å². The predicted octanol–water partition coefficient (Wildman–Crippen LogP) is 3.16. The third-order valence-corrected chi connectivity index (χ3v) is 6.83. The number of nitrogens with zero attached hydrogens (tertiary/aromatic N) is 4. The minimum atomic E-state index is -1.22. The lowest BCUT2D eigenvalue weighted by molar-refractivity contribution is 0.589. The molecular formula is C18H21N7OS2. The van der Waals surface area contributed by atoms with E-state index in [0.717, 1.165) is 23.4 Å². The first-order valence-corrected chi connectivity index (χ1v) is 11.1. The maximum Gasteiger partial charge on any atom is 0.248 e. The number of thiazole rings is 1. The number of hydrogen-bond donors (Lipinski definition) is 3. The van der Waals surface area contributed by atoms with Crippen molar-refractivity contribution in [2.24, 2.45) is 7.05 Å². The van der Waals surface area contributed by atoms with E-state index in [1.807, 2.05) is 18.5 Å². The number of nitrogen functional groups attached to an aromatic ring is 2. The standard InChI is InChI=1S/C18H21N7OS2/c1-3-4-7-28(26)18-14(20)13-10(16-22-9-12(19)25(16)2)8-11(23-15(13)24-18)17-21-5-6-27-17/h5-6,8-9H,3-4,7,19-20H2,1-2H3,(H,23,24). The molecule has 0 spiro atoms. The van der Waals surface area contributed by atoms with Crippen LogP contribution in [0, 0.1) is 0 Å². The van der Waals surface area contributed by atoms with E-state index in [0.29, 0.717) is 44.8 Å². The number of unbranched alkanes of at least 4 members (excludes halogenated alkanes) is 1. The topological polar surface area (TPSA) is 134 Å². The summed E-state index contributed by atoms with van der Waals surface area (Å²) in [5.74, 6) is 1.76. The molecule has 0 aromatic carbocycles. The number of H-pyrrole nitrogens is 1. The van der Waals surface area contributed by atoms with E-state index in [1.54, 1.807) is 17.0 Å². The second-order valence-electron chi connectivity index (χ2n) is 6.45. The molecule has 0 aliphatic carbocycles. The van der Waals surface area contributed by atoms with Crippen LogP contribution in [0.2, 0.25) is 0 Å². The molecule has 10 heteroatoms. The average Bonchev–Trinajstić information content (AvgIpc) is 3.41. The Balaban J connectivity index is 1.96. The Hall–Kier alpha value is -2.56. The van der Waals surface area contributed by atoms with Crippen molar-refractivity contribution in [1.29, 1.82) is 0 Å². The van der Waals surface area contributed by atoms with Crippen LogP contribution in [0.3, 0.4) is 0 Å². The number of anilines is 2. The fraction of sp³-hybridized carbons (Fsp3) is 0.278. The molecule has 4 heterocycles. The molecule has 0 amide bonds. The van der Waals surface area contributed by atoms with Gasteiger partial charge in [-0.05, 0) is 12.5 Å². The summed E-state index contributed by atoms with van der Waals surface area (Å²) in [5.41, 5.74) is 14.9. The number of imidazole rings is 1. The molecule has 146 valence electrons. The van der Waals surface area contributed by atoms with Crippen molar-refractivity contribution in [2.45, 2.75) is 24.8 Å². The monoisotopic (exact) mass is 415 g/mol. The number of nitrogens with two attached hydrogens (primary N) is 2. The van der Waals surface area contributed by atoms with Gasteiger partial charge >= 0.3 is 0 Å². The molecular weight excluding hydrogens is 394 g/mol. The minimum Gasteiger partial charge on any atom is -0.610 e. The highest BCUT2D eigenvalue weighted by Gasteiger charge is 2.25. The molecule has 0 radical (unpaired) electrons. The Kier molecular flexibility index (Phi) is 5.00. The summed E-state index contributed by atoms with van der Waals surface area (Å²) < 4.78 is 14.5. The molecule has 5 N–H and O–H groups in total. The van der Waals surface area contributed by atoms with Crippen molar-refractivity contribution >= 4 is 45.1 Å². The normalized spacial score (nSPS) is 12.7. The first-order valence-electron chi connectivity index (χ1n) is 8.89. The SMILES string of the molecule is CCCC[S+]([O-])c1[nH]c2nc(-c3nccs3)cc(-c3ncc(N)n3C)c2c1N. The van der Waals surface area contributed by atoms with Gasteiger partial charge in [0.25, 0.3) is 0 Å². The van der Waals surface area contributed by atoms with Crippen molar-refractivity contribution in [2.75, 3.05) is 17.2 Å². The van der Waals surface area contributed by atoms with Crippen LogP contribution < -0.4 is 11.5 Å². The van der Waals surface area contributed by atoms with Crippen molar-refractivity contribution in [1.82, 2.24) is 24.5 Å². The lowest BCUT2D eigenvalue weighted by Gasteiger charge is -2.09. The number of fused-ring (bicyclic) bond motifs is 1. The Morgan fingerprint density at radius 2 is 2.14 bits per heavy atom. The molecule has 1 atom stereocenters. The van der Waals surface area contributed by atoms with Gasteiger partial charge in [-0.3, -0.25) is 4.98 Å². The van der Waals surface area contributed by atoms with Crippen molar-refractivity contribution in [3.8, 4) is 22.1 Å². The van der Waals surface area contributed by atoms with Crippen molar-refractivity contribution in [3.05, 3.63) is 23.8 Å². The van der Waals surface area contributed by atoms with Gasteiger partial charge in [0.2, 0.25) is 5.03 Å². The summed E-state index contributed by atoms with van der Waals surface area (Å²) >= 11 is 0.275. The first-order chi connectivity index (χ1) is 13.5. The zero-order chi connectivity index (χ0) is 19.8. The Morgan fingerprint density at radius 3 is 2.79 bits per heavy atom. The highest BCUT2D eigenvalue weighted by molar-refractivity contribution is 7.91. The molecule has 8 nitrogen and oxygen atoms in total. The Labute approximate surface area is 169 Å². The summed E-state index contributed by atoms with van der Waals surface area (Å²) in [5, 5.41) is 3.89. The maximum atomic E-state index is 12.7. The first kappa shape index (κ1) is 18.8. The quantitative estimate of drug-likeness (QED) is 0.414. The van der Waals surface area contributed by atoms with Crippen LogP contribution in [0.1, 0.15) is 19.8 Å². The van der Waals surface area contributed by atoms with Crippen LogP contribution >= 0.6 is 11.3 Å².